The molecule has 1 fully saturated rings. The van der Waals surface area contributed by atoms with Gasteiger partial charge in [-0.1, -0.05) is 18.9 Å². The molecule has 0 radical (unpaired) electrons. The van der Waals surface area contributed by atoms with Gasteiger partial charge in [-0.15, -0.1) is 6.58 Å². The monoisotopic (exact) mass is 228 g/mol. The molecule has 3 heteroatoms. The summed E-state index contributed by atoms with van der Waals surface area (Å²) in [4.78, 5) is 0. The van der Waals surface area contributed by atoms with Crippen LogP contribution in [0.5, 0.6) is 0 Å². The molecule has 0 aromatic heterocycles. The lowest BCUT2D eigenvalue weighted by Crippen LogP contribution is -2.53. The zero-order chi connectivity index (χ0) is 11.1. The minimum absolute atomic E-state index is 0.397. The van der Waals surface area contributed by atoms with Gasteiger partial charge in [0, 0.05) is 13.2 Å². The standard InChI is InChI=1S/C12H24O2Si/c1-4-10-15(14-6-3)11-8-7-9-12(15)13-5-2/h4,12H,1,5-11H2,2-3H3. The molecule has 0 aromatic carbocycles. The number of rotatable bonds is 6. The minimum Gasteiger partial charge on any atom is -0.414 e. The Morgan fingerprint density at radius 2 is 2.13 bits per heavy atom. The van der Waals surface area contributed by atoms with E-state index in [-0.39, 0.29) is 0 Å². The summed E-state index contributed by atoms with van der Waals surface area (Å²) < 4.78 is 12.0. The van der Waals surface area contributed by atoms with E-state index in [0.717, 1.165) is 19.3 Å². The molecule has 0 amide bonds. The second-order valence-electron chi connectivity index (χ2n) is 4.18. The maximum absolute atomic E-state index is 6.12. The fourth-order valence-corrected chi connectivity index (χ4v) is 6.95. The van der Waals surface area contributed by atoms with Crippen LogP contribution < -0.4 is 0 Å². The van der Waals surface area contributed by atoms with Crippen LogP contribution in [0.3, 0.4) is 0 Å². The summed E-state index contributed by atoms with van der Waals surface area (Å²) in [5.41, 5.74) is 0.397. The summed E-state index contributed by atoms with van der Waals surface area (Å²) in [6.45, 7) is 9.68. The van der Waals surface area contributed by atoms with Gasteiger partial charge >= 0.3 is 0 Å². The van der Waals surface area contributed by atoms with Crippen molar-refractivity contribution in [2.75, 3.05) is 13.2 Å². The Labute approximate surface area is 94.8 Å². The number of ether oxygens (including phenoxy) is 1. The smallest absolute Gasteiger partial charge is 0.224 e. The highest BCUT2D eigenvalue weighted by molar-refractivity contribution is 6.75. The lowest BCUT2D eigenvalue weighted by atomic mass is 10.2. The third-order valence-electron chi connectivity index (χ3n) is 3.19. The van der Waals surface area contributed by atoms with E-state index in [1.54, 1.807) is 0 Å². The van der Waals surface area contributed by atoms with Crippen LogP contribution in [0, 0.1) is 0 Å². The van der Waals surface area contributed by atoms with Gasteiger partial charge < -0.3 is 9.16 Å². The Kier molecular flexibility index (Phi) is 5.57. The third kappa shape index (κ3) is 3.16. The highest BCUT2D eigenvalue weighted by atomic mass is 28.4. The van der Waals surface area contributed by atoms with Crippen molar-refractivity contribution in [3.05, 3.63) is 12.7 Å². The maximum Gasteiger partial charge on any atom is 0.224 e. The molecule has 0 saturated carbocycles. The van der Waals surface area contributed by atoms with Gasteiger partial charge in [-0.3, -0.25) is 0 Å². The molecular weight excluding hydrogens is 204 g/mol. The molecule has 2 atom stereocenters. The van der Waals surface area contributed by atoms with Crippen LogP contribution in [-0.2, 0) is 9.16 Å². The van der Waals surface area contributed by atoms with Gasteiger partial charge in [-0.25, -0.2) is 0 Å². The quantitative estimate of drug-likeness (QED) is 0.513. The molecule has 1 aliphatic heterocycles. The van der Waals surface area contributed by atoms with E-state index in [4.69, 9.17) is 9.16 Å². The topological polar surface area (TPSA) is 18.5 Å². The lowest BCUT2D eigenvalue weighted by Gasteiger charge is -2.40. The first-order chi connectivity index (χ1) is 7.29. The number of hydrogen-bond acceptors (Lipinski definition) is 2. The van der Waals surface area contributed by atoms with Crippen LogP contribution in [0.1, 0.15) is 33.1 Å². The van der Waals surface area contributed by atoms with Crippen LogP contribution in [0.15, 0.2) is 12.7 Å². The zero-order valence-corrected chi connectivity index (χ0v) is 11.1. The van der Waals surface area contributed by atoms with Crippen molar-refractivity contribution in [2.24, 2.45) is 0 Å². The second-order valence-corrected chi connectivity index (χ2v) is 8.15. The van der Waals surface area contributed by atoms with Crippen LogP contribution in [0.4, 0.5) is 0 Å². The summed E-state index contributed by atoms with van der Waals surface area (Å²) in [6.07, 6.45) is 5.82. The fourth-order valence-electron chi connectivity index (χ4n) is 2.60. The summed E-state index contributed by atoms with van der Waals surface area (Å²) in [5.74, 6) is 0. The normalized spacial score (nSPS) is 31.5. The summed E-state index contributed by atoms with van der Waals surface area (Å²) in [7, 11) is -1.67. The highest BCUT2D eigenvalue weighted by Gasteiger charge is 2.44. The molecule has 0 N–H and O–H groups in total. The first kappa shape index (κ1) is 12.9. The lowest BCUT2D eigenvalue weighted by molar-refractivity contribution is 0.0772. The molecule has 1 saturated heterocycles. The van der Waals surface area contributed by atoms with E-state index in [1.165, 1.54) is 25.3 Å². The van der Waals surface area contributed by atoms with E-state index < -0.39 is 8.32 Å². The van der Waals surface area contributed by atoms with Gasteiger partial charge in [0.05, 0.1) is 5.73 Å². The minimum atomic E-state index is -1.67. The molecule has 0 spiro atoms. The van der Waals surface area contributed by atoms with Crippen molar-refractivity contribution < 1.29 is 9.16 Å². The van der Waals surface area contributed by atoms with Gasteiger partial charge in [0.2, 0.25) is 8.32 Å². The van der Waals surface area contributed by atoms with Gasteiger partial charge in [0.25, 0.3) is 0 Å². The van der Waals surface area contributed by atoms with Gasteiger partial charge in [0.1, 0.15) is 0 Å². The van der Waals surface area contributed by atoms with Crippen molar-refractivity contribution >= 4 is 8.32 Å². The summed E-state index contributed by atoms with van der Waals surface area (Å²) in [5, 5.41) is 0. The molecule has 0 aliphatic carbocycles. The van der Waals surface area contributed by atoms with E-state index in [9.17, 15) is 0 Å². The first-order valence-corrected chi connectivity index (χ1v) is 8.55. The molecule has 2 nitrogen and oxygen atoms in total. The second kappa shape index (κ2) is 6.46. The van der Waals surface area contributed by atoms with Gasteiger partial charge in [-0.05, 0) is 32.4 Å². The average molecular weight is 228 g/mol. The summed E-state index contributed by atoms with van der Waals surface area (Å²) in [6, 6.07) is 2.29. The van der Waals surface area contributed by atoms with Crippen LogP contribution in [-0.4, -0.2) is 27.3 Å². The SMILES string of the molecule is C=CC[Si]1(OCC)CCCCC1OCC. The third-order valence-corrected chi connectivity index (χ3v) is 7.86. The van der Waals surface area contributed by atoms with Crippen LogP contribution >= 0.6 is 0 Å². The zero-order valence-electron chi connectivity index (χ0n) is 10.1. The predicted molar refractivity (Wildman–Crippen MR) is 66.5 cm³/mol. The maximum atomic E-state index is 6.12. The highest BCUT2D eigenvalue weighted by Crippen LogP contribution is 2.34. The molecule has 2 unspecified atom stereocenters. The van der Waals surface area contributed by atoms with Gasteiger partial charge in [0.15, 0.2) is 0 Å². The molecule has 1 heterocycles. The average Bonchev–Trinajstić information content (AvgIpc) is 2.23. The molecule has 1 aliphatic rings. The first-order valence-electron chi connectivity index (χ1n) is 6.15. The fraction of sp³-hybridized carbons (Fsp3) is 0.833. The van der Waals surface area contributed by atoms with Crippen molar-refractivity contribution in [3.63, 3.8) is 0 Å². The Morgan fingerprint density at radius 1 is 1.33 bits per heavy atom. The van der Waals surface area contributed by atoms with E-state index in [1.807, 2.05) is 6.08 Å². The van der Waals surface area contributed by atoms with Crippen molar-refractivity contribution in [1.29, 1.82) is 0 Å². The molecule has 15 heavy (non-hydrogen) atoms. The largest absolute Gasteiger partial charge is 0.414 e. The van der Waals surface area contributed by atoms with E-state index in [0.29, 0.717) is 5.73 Å². The van der Waals surface area contributed by atoms with Crippen molar-refractivity contribution in [2.45, 2.75) is 50.9 Å². The van der Waals surface area contributed by atoms with Crippen molar-refractivity contribution in [1.82, 2.24) is 0 Å². The Morgan fingerprint density at radius 3 is 2.73 bits per heavy atom. The Hall–Kier alpha value is -0.123. The number of allylic oxidation sites excluding steroid dienone is 1. The molecule has 0 aromatic rings. The molecular formula is C12H24O2Si. The molecule has 0 bridgehead atoms. The van der Waals surface area contributed by atoms with E-state index in [2.05, 4.69) is 20.4 Å². The predicted octanol–water partition coefficient (Wildman–Crippen LogP) is 3.28. The summed E-state index contributed by atoms with van der Waals surface area (Å²) >= 11 is 0. The molecule has 1 rings (SSSR count). The molecule has 88 valence electrons. The van der Waals surface area contributed by atoms with Crippen LogP contribution in [0.25, 0.3) is 0 Å². The van der Waals surface area contributed by atoms with E-state index >= 15 is 0 Å². The van der Waals surface area contributed by atoms with Gasteiger partial charge in [-0.2, -0.15) is 0 Å². The Balaban J connectivity index is 2.72. The van der Waals surface area contributed by atoms with Crippen molar-refractivity contribution in [3.8, 4) is 0 Å². The van der Waals surface area contributed by atoms with Crippen LogP contribution in [0.2, 0.25) is 12.1 Å². The Bertz CT molecular complexity index is 190. The number of hydrogen-bond donors (Lipinski definition) is 0.